The van der Waals surface area contributed by atoms with Crippen LogP contribution in [-0.4, -0.2) is 41.9 Å². The summed E-state index contributed by atoms with van der Waals surface area (Å²) >= 11 is 0. The van der Waals surface area contributed by atoms with Crippen LogP contribution in [0.1, 0.15) is 23.6 Å². The number of rotatable bonds is 4. The molecular formula is C21H20F2N2O. The Labute approximate surface area is 151 Å². The molecule has 0 N–H and O–H groups in total. The molecule has 0 spiro atoms. The molecule has 2 aromatic carbocycles. The van der Waals surface area contributed by atoms with Gasteiger partial charge in [-0.25, -0.2) is 8.78 Å². The first kappa shape index (κ1) is 16.9. The number of nitrogens with zero attached hydrogens (tertiary/aromatic N) is 2. The monoisotopic (exact) mass is 354 g/mol. The van der Waals surface area contributed by atoms with E-state index in [1.165, 1.54) is 6.07 Å². The van der Waals surface area contributed by atoms with Crippen molar-refractivity contribution in [2.75, 3.05) is 26.2 Å². The molecule has 1 fully saturated rings. The van der Waals surface area contributed by atoms with Crippen LogP contribution >= 0.6 is 0 Å². The topological polar surface area (TPSA) is 23.6 Å². The molecule has 3 nitrogen and oxygen atoms in total. The first-order valence-corrected chi connectivity index (χ1v) is 8.85. The van der Waals surface area contributed by atoms with Gasteiger partial charge in [-0.1, -0.05) is 36.4 Å². The smallest absolute Gasteiger partial charge is 0.236 e. The Hall–Kier alpha value is -2.53. The molecule has 2 aliphatic rings. The predicted octanol–water partition coefficient (Wildman–Crippen LogP) is 3.64. The Morgan fingerprint density at radius 2 is 1.85 bits per heavy atom. The van der Waals surface area contributed by atoms with Crippen molar-refractivity contribution in [1.82, 2.24) is 9.80 Å². The van der Waals surface area contributed by atoms with Crippen molar-refractivity contribution in [3.63, 3.8) is 0 Å². The van der Waals surface area contributed by atoms with Crippen molar-refractivity contribution < 1.29 is 13.6 Å². The molecule has 0 saturated carbocycles. The number of benzene rings is 2. The average molecular weight is 354 g/mol. The zero-order chi connectivity index (χ0) is 18.1. The molecule has 134 valence electrons. The summed E-state index contributed by atoms with van der Waals surface area (Å²) in [6.45, 7) is 2.30. The molecule has 5 heteroatoms. The number of likely N-dealkylation sites (tertiary alicyclic amines) is 1. The van der Waals surface area contributed by atoms with Crippen LogP contribution in [0.2, 0.25) is 0 Å². The maximum atomic E-state index is 14.2. The molecule has 2 heterocycles. The lowest BCUT2D eigenvalue weighted by atomic mass is 10.0. The van der Waals surface area contributed by atoms with E-state index >= 15 is 0 Å². The molecule has 26 heavy (non-hydrogen) atoms. The van der Waals surface area contributed by atoms with Gasteiger partial charge in [0, 0.05) is 25.2 Å². The highest BCUT2D eigenvalue weighted by Crippen LogP contribution is 2.35. The number of hydrogen-bond acceptors (Lipinski definition) is 2. The minimum atomic E-state index is -0.464. The van der Waals surface area contributed by atoms with E-state index < -0.39 is 11.6 Å². The summed E-state index contributed by atoms with van der Waals surface area (Å²) in [7, 11) is 0. The highest BCUT2D eigenvalue weighted by atomic mass is 19.1. The normalized spacial score (nSPS) is 20.0. The van der Waals surface area contributed by atoms with Crippen molar-refractivity contribution in [2.45, 2.75) is 12.5 Å². The van der Waals surface area contributed by atoms with Crippen LogP contribution in [0.25, 0.3) is 5.57 Å². The molecule has 2 aromatic rings. The molecule has 1 amide bonds. The lowest BCUT2D eigenvalue weighted by molar-refractivity contribution is -0.135. The van der Waals surface area contributed by atoms with Crippen LogP contribution in [0.4, 0.5) is 8.78 Å². The highest BCUT2D eigenvalue weighted by molar-refractivity contribution is 5.80. The van der Waals surface area contributed by atoms with Crippen LogP contribution in [0.3, 0.4) is 0 Å². The lowest BCUT2D eigenvalue weighted by Crippen LogP contribution is -2.47. The minimum Gasteiger partial charge on any atom is -0.341 e. The maximum Gasteiger partial charge on any atom is 0.236 e. The predicted molar refractivity (Wildman–Crippen MR) is 96.3 cm³/mol. The van der Waals surface area contributed by atoms with E-state index in [1.54, 1.807) is 0 Å². The first-order chi connectivity index (χ1) is 12.6. The molecule has 0 radical (unpaired) electrons. The van der Waals surface area contributed by atoms with Gasteiger partial charge in [0.2, 0.25) is 5.91 Å². The van der Waals surface area contributed by atoms with Gasteiger partial charge in [0.1, 0.15) is 11.6 Å². The Morgan fingerprint density at radius 3 is 2.54 bits per heavy atom. The lowest BCUT2D eigenvalue weighted by Gasteiger charge is -2.34. The second-order valence-corrected chi connectivity index (χ2v) is 6.81. The molecule has 0 aliphatic carbocycles. The van der Waals surface area contributed by atoms with Gasteiger partial charge in [-0.05, 0) is 35.8 Å². The standard InChI is InChI=1S/C21H20F2N2O/c22-17-7-8-19(23)18(12-17)16-11-20(15-5-2-1-3-6-15)25(13-16)14-21(26)24-9-4-10-24/h1-3,5-8,11-12,20H,4,9-10,13-14H2/t20-/m0/s1. The fraction of sp³-hybridized carbons (Fsp3) is 0.286. The third-order valence-electron chi connectivity index (χ3n) is 5.09. The Morgan fingerprint density at radius 1 is 1.08 bits per heavy atom. The SMILES string of the molecule is O=C(CN1CC(c2cc(F)ccc2F)=C[C@H]1c1ccccc1)N1CCC1. The van der Waals surface area contributed by atoms with Crippen LogP contribution < -0.4 is 0 Å². The molecule has 1 saturated heterocycles. The van der Waals surface area contributed by atoms with Crippen molar-refractivity contribution in [3.8, 4) is 0 Å². The van der Waals surface area contributed by atoms with E-state index in [9.17, 15) is 13.6 Å². The molecule has 1 atom stereocenters. The van der Waals surface area contributed by atoms with Crippen molar-refractivity contribution in [1.29, 1.82) is 0 Å². The van der Waals surface area contributed by atoms with E-state index in [2.05, 4.69) is 0 Å². The van der Waals surface area contributed by atoms with E-state index in [0.29, 0.717) is 12.1 Å². The quantitative estimate of drug-likeness (QED) is 0.837. The average Bonchev–Trinajstić information content (AvgIpc) is 2.99. The van der Waals surface area contributed by atoms with Gasteiger partial charge in [-0.2, -0.15) is 0 Å². The van der Waals surface area contributed by atoms with Crippen LogP contribution in [0, 0.1) is 11.6 Å². The van der Waals surface area contributed by atoms with Gasteiger partial charge in [0.25, 0.3) is 0 Å². The summed E-state index contributed by atoms with van der Waals surface area (Å²) in [6.07, 6.45) is 2.99. The summed E-state index contributed by atoms with van der Waals surface area (Å²) in [5.74, 6) is -0.819. The van der Waals surface area contributed by atoms with Gasteiger partial charge in [-0.3, -0.25) is 9.69 Å². The number of halogens is 2. The van der Waals surface area contributed by atoms with Crippen molar-refractivity contribution >= 4 is 11.5 Å². The fourth-order valence-electron chi connectivity index (χ4n) is 3.54. The van der Waals surface area contributed by atoms with Gasteiger partial charge in [0.15, 0.2) is 0 Å². The summed E-state index contributed by atoms with van der Waals surface area (Å²) in [5.41, 5.74) is 2.02. The summed E-state index contributed by atoms with van der Waals surface area (Å²) < 4.78 is 27.9. The summed E-state index contributed by atoms with van der Waals surface area (Å²) in [4.78, 5) is 16.3. The van der Waals surface area contributed by atoms with E-state index in [-0.39, 0.29) is 24.1 Å². The zero-order valence-electron chi connectivity index (χ0n) is 14.4. The van der Waals surface area contributed by atoms with Crippen LogP contribution in [0.15, 0.2) is 54.6 Å². The zero-order valence-corrected chi connectivity index (χ0v) is 14.4. The van der Waals surface area contributed by atoms with Gasteiger partial charge < -0.3 is 4.90 Å². The van der Waals surface area contributed by atoms with Gasteiger partial charge in [-0.15, -0.1) is 0 Å². The van der Waals surface area contributed by atoms with E-state index in [4.69, 9.17) is 0 Å². The molecular weight excluding hydrogens is 334 g/mol. The third kappa shape index (κ3) is 3.27. The van der Waals surface area contributed by atoms with Crippen LogP contribution in [0.5, 0.6) is 0 Å². The summed E-state index contributed by atoms with van der Waals surface area (Å²) in [5, 5.41) is 0. The number of hydrogen-bond donors (Lipinski definition) is 0. The van der Waals surface area contributed by atoms with E-state index in [1.807, 2.05) is 46.2 Å². The highest BCUT2D eigenvalue weighted by Gasteiger charge is 2.31. The number of amides is 1. The van der Waals surface area contributed by atoms with Gasteiger partial charge in [0.05, 0.1) is 12.6 Å². The number of carbonyl (C=O) groups excluding carboxylic acids is 1. The largest absolute Gasteiger partial charge is 0.341 e. The molecule has 4 rings (SSSR count). The number of carbonyl (C=O) groups is 1. The minimum absolute atomic E-state index is 0.0894. The first-order valence-electron chi connectivity index (χ1n) is 8.85. The molecule has 0 unspecified atom stereocenters. The third-order valence-corrected chi connectivity index (χ3v) is 5.09. The second kappa shape index (κ2) is 7.00. The fourth-order valence-corrected chi connectivity index (χ4v) is 3.54. The van der Waals surface area contributed by atoms with Gasteiger partial charge >= 0.3 is 0 Å². The Balaban J connectivity index is 1.64. The Bertz CT molecular complexity index is 846. The second-order valence-electron chi connectivity index (χ2n) is 6.81. The Kier molecular flexibility index (Phi) is 4.55. The van der Waals surface area contributed by atoms with Crippen molar-refractivity contribution in [2.24, 2.45) is 0 Å². The van der Waals surface area contributed by atoms with E-state index in [0.717, 1.165) is 37.2 Å². The molecule has 0 bridgehead atoms. The molecule has 0 aromatic heterocycles. The summed E-state index contributed by atoms with van der Waals surface area (Å²) in [6, 6.07) is 13.2. The maximum absolute atomic E-state index is 14.2. The van der Waals surface area contributed by atoms with Crippen LogP contribution in [-0.2, 0) is 4.79 Å². The van der Waals surface area contributed by atoms with Crippen molar-refractivity contribution in [3.05, 3.63) is 77.4 Å². The molecule has 2 aliphatic heterocycles.